The first-order chi connectivity index (χ1) is 17.0. The van der Waals surface area contributed by atoms with E-state index in [0.717, 1.165) is 16.7 Å². The fourth-order valence-electron chi connectivity index (χ4n) is 4.62. The number of phenolic OH excluding ortho intramolecular Hbond substituents is 1. The third-order valence-electron chi connectivity index (χ3n) is 6.28. The van der Waals surface area contributed by atoms with Gasteiger partial charge in [0.15, 0.2) is 11.5 Å². The molecule has 7 nitrogen and oxygen atoms in total. The molecule has 1 amide bonds. The van der Waals surface area contributed by atoms with Crippen LogP contribution in [-0.2, 0) is 6.42 Å². The maximum absolute atomic E-state index is 13.6. The number of fused-ring (bicyclic) bond motifs is 1. The highest BCUT2D eigenvalue weighted by molar-refractivity contribution is 6.30. The smallest absolute Gasteiger partial charge is 0.273 e. The zero-order chi connectivity index (χ0) is 24.5. The first-order valence-electron chi connectivity index (χ1n) is 11.2. The van der Waals surface area contributed by atoms with Crippen LogP contribution in [0, 0.1) is 0 Å². The molecule has 0 fully saturated rings. The summed E-state index contributed by atoms with van der Waals surface area (Å²) in [5.41, 5.74) is 4.13. The van der Waals surface area contributed by atoms with Crippen molar-refractivity contribution in [3.63, 3.8) is 0 Å². The van der Waals surface area contributed by atoms with Crippen LogP contribution in [0.2, 0.25) is 5.02 Å². The van der Waals surface area contributed by atoms with E-state index in [0.29, 0.717) is 46.4 Å². The van der Waals surface area contributed by atoms with Gasteiger partial charge < -0.3 is 19.5 Å². The molecule has 0 saturated heterocycles. The SMILES string of the molecule is COc1ccc(CCN2C(=O)c3[nH]nc(-c4ccccc4O)c3[C@@H]2c2cccc(Cl)c2)cc1OC. The zero-order valence-corrected chi connectivity index (χ0v) is 20.0. The standard InChI is InChI=1S/C27H24ClN3O4/c1-34-21-11-10-16(14-22(21)35-2)12-13-31-26(17-6-5-7-18(28)15-17)23-24(29-30-25(23)27(31)33)19-8-3-4-9-20(19)32/h3-11,14-15,26,32H,12-13H2,1-2H3,(H,29,30)/t26-/m0/s1. The van der Waals surface area contributed by atoms with Gasteiger partial charge in [0, 0.05) is 22.7 Å². The molecule has 2 N–H and O–H groups in total. The average molecular weight is 490 g/mol. The van der Waals surface area contributed by atoms with E-state index in [9.17, 15) is 9.90 Å². The van der Waals surface area contributed by atoms with Crippen molar-refractivity contribution in [2.24, 2.45) is 0 Å². The lowest BCUT2D eigenvalue weighted by Crippen LogP contribution is -2.31. The van der Waals surface area contributed by atoms with Crippen LogP contribution >= 0.6 is 11.6 Å². The number of hydrogen-bond donors (Lipinski definition) is 2. The molecule has 178 valence electrons. The van der Waals surface area contributed by atoms with Gasteiger partial charge in [0.1, 0.15) is 17.1 Å². The molecule has 1 atom stereocenters. The van der Waals surface area contributed by atoms with E-state index in [1.165, 1.54) is 0 Å². The second-order valence-electron chi connectivity index (χ2n) is 8.27. The number of nitrogens with zero attached hydrogens (tertiary/aromatic N) is 2. The number of benzene rings is 3. The molecule has 0 bridgehead atoms. The van der Waals surface area contributed by atoms with Gasteiger partial charge in [-0.25, -0.2) is 0 Å². The summed E-state index contributed by atoms with van der Waals surface area (Å²) in [4.78, 5) is 15.4. The summed E-state index contributed by atoms with van der Waals surface area (Å²) in [6.07, 6.45) is 0.604. The Labute approximate surface area is 207 Å². The number of rotatable bonds is 7. The molecule has 2 heterocycles. The quantitative estimate of drug-likeness (QED) is 0.370. The van der Waals surface area contributed by atoms with Crippen molar-refractivity contribution in [1.29, 1.82) is 0 Å². The summed E-state index contributed by atoms with van der Waals surface area (Å²) >= 11 is 6.33. The summed E-state index contributed by atoms with van der Waals surface area (Å²) in [5, 5.41) is 18.4. The molecule has 8 heteroatoms. The Balaban J connectivity index is 1.55. The molecule has 0 radical (unpaired) electrons. The lowest BCUT2D eigenvalue weighted by molar-refractivity contribution is 0.0746. The Hall–Kier alpha value is -3.97. The van der Waals surface area contributed by atoms with E-state index in [4.69, 9.17) is 21.1 Å². The molecule has 4 aromatic rings. The molecule has 0 saturated carbocycles. The van der Waals surface area contributed by atoms with E-state index in [-0.39, 0.29) is 11.7 Å². The van der Waals surface area contributed by atoms with E-state index in [1.54, 1.807) is 38.5 Å². The van der Waals surface area contributed by atoms with Crippen molar-refractivity contribution in [3.8, 4) is 28.5 Å². The van der Waals surface area contributed by atoms with Crippen LogP contribution in [0.4, 0.5) is 0 Å². The minimum atomic E-state index is -0.412. The Kier molecular flexibility index (Phi) is 6.09. The summed E-state index contributed by atoms with van der Waals surface area (Å²) in [6, 6.07) is 19.8. The van der Waals surface area contributed by atoms with Crippen LogP contribution in [0.3, 0.4) is 0 Å². The zero-order valence-electron chi connectivity index (χ0n) is 19.3. The summed E-state index contributed by atoms with van der Waals surface area (Å²) < 4.78 is 10.8. The van der Waals surface area contributed by atoms with Crippen LogP contribution in [0.5, 0.6) is 17.2 Å². The number of nitrogens with one attached hydrogen (secondary N) is 1. The maximum Gasteiger partial charge on any atom is 0.273 e. The maximum atomic E-state index is 13.6. The number of hydrogen-bond acceptors (Lipinski definition) is 5. The largest absolute Gasteiger partial charge is 0.507 e. The number of aromatic nitrogens is 2. The number of aromatic amines is 1. The van der Waals surface area contributed by atoms with E-state index in [2.05, 4.69) is 10.2 Å². The molecular formula is C27H24ClN3O4. The van der Waals surface area contributed by atoms with Gasteiger partial charge in [-0.2, -0.15) is 5.10 Å². The highest BCUT2D eigenvalue weighted by Gasteiger charge is 2.42. The van der Waals surface area contributed by atoms with Gasteiger partial charge in [0.25, 0.3) is 5.91 Å². The molecule has 1 aromatic heterocycles. The normalized spacial score (nSPS) is 14.8. The van der Waals surface area contributed by atoms with Crippen molar-refractivity contribution >= 4 is 17.5 Å². The van der Waals surface area contributed by atoms with E-state index < -0.39 is 6.04 Å². The average Bonchev–Trinajstić information content (AvgIpc) is 3.41. The summed E-state index contributed by atoms with van der Waals surface area (Å²) in [7, 11) is 3.20. The minimum absolute atomic E-state index is 0.0999. The van der Waals surface area contributed by atoms with Gasteiger partial charge in [0.2, 0.25) is 0 Å². The van der Waals surface area contributed by atoms with Crippen molar-refractivity contribution in [2.45, 2.75) is 12.5 Å². The van der Waals surface area contributed by atoms with E-state index in [1.807, 2.05) is 47.4 Å². The second-order valence-corrected chi connectivity index (χ2v) is 8.71. The predicted octanol–water partition coefficient (Wildman–Crippen LogP) is 5.24. The fraction of sp³-hybridized carbons (Fsp3) is 0.185. The number of para-hydroxylation sites is 1. The number of aromatic hydroxyl groups is 1. The van der Waals surface area contributed by atoms with Crippen LogP contribution < -0.4 is 9.47 Å². The first kappa shape index (κ1) is 22.8. The topological polar surface area (TPSA) is 87.7 Å². The van der Waals surface area contributed by atoms with Gasteiger partial charge >= 0.3 is 0 Å². The number of carbonyl (C=O) groups is 1. The van der Waals surface area contributed by atoms with Crippen molar-refractivity contribution in [2.75, 3.05) is 20.8 Å². The number of phenols is 1. The third-order valence-corrected chi connectivity index (χ3v) is 6.51. The molecule has 0 unspecified atom stereocenters. The lowest BCUT2D eigenvalue weighted by Gasteiger charge is -2.27. The Bertz CT molecular complexity index is 1400. The van der Waals surface area contributed by atoms with Gasteiger partial charge in [-0.1, -0.05) is 41.9 Å². The highest BCUT2D eigenvalue weighted by Crippen LogP contribution is 2.44. The second kappa shape index (κ2) is 9.35. The van der Waals surface area contributed by atoms with Gasteiger partial charge in [-0.3, -0.25) is 9.89 Å². The molecule has 3 aromatic carbocycles. The Morgan fingerprint density at radius 1 is 1.03 bits per heavy atom. The summed E-state index contributed by atoms with van der Waals surface area (Å²) in [6.45, 7) is 0.453. The number of ether oxygens (including phenoxy) is 2. The van der Waals surface area contributed by atoms with Gasteiger partial charge in [0.05, 0.1) is 20.3 Å². The predicted molar refractivity (Wildman–Crippen MR) is 133 cm³/mol. The van der Waals surface area contributed by atoms with Crippen molar-refractivity contribution in [3.05, 3.63) is 94.1 Å². The molecule has 1 aliphatic heterocycles. The third kappa shape index (κ3) is 4.08. The van der Waals surface area contributed by atoms with Crippen LogP contribution in [-0.4, -0.2) is 46.9 Å². The Morgan fingerprint density at radius 2 is 1.83 bits per heavy atom. The number of halogens is 1. The van der Waals surface area contributed by atoms with Crippen molar-refractivity contribution in [1.82, 2.24) is 15.1 Å². The van der Waals surface area contributed by atoms with Crippen molar-refractivity contribution < 1.29 is 19.4 Å². The highest BCUT2D eigenvalue weighted by atomic mass is 35.5. The van der Waals surface area contributed by atoms with Gasteiger partial charge in [-0.15, -0.1) is 0 Å². The molecule has 0 aliphatic carbocycles. The van der Waals surface area contributed by atoms with Crippen LogP contribution in [0.25, 0.3) is 11.3 Å². The molecular weight excluding hydrogens is 466 g/mol. The number of carbonyl (C=O) groups excluding carboxylic acids is 1. The van der Waals surface area contributed by atoms with E-state index >= 15 is 0 Å². The Morgan fingerprint density at radius 3 is 2.57 bits per heavy atom. The number of amides is 1. The molecule has 1 aliphatic rings. The van der Waals surface area contributed by atoms with Crippen LogP contribution in [0.15, 0.2) is 66.7 Å². The molecule has 35 heavy (non-hydrogen) atoms. The fourth-order valence-corrected chi connectivity index (χ4v) is 4.81. The monoisotopic (exact) mass is 489 g/mol. The first-order valence-corrected chi connectivity index (χ1v) is 11.5. The lowest BCUT2D eigenvalue weighted by atomic mass is 9.95. The minimum Gasteiger partial charge on any atom is -0.507 e. The summed E-state index contributed by atoms with van der Waals surface area (Å²) in [5.74, 6) is 1.24. The van der Waals surface area contributed by atoms with Crippen LogP contribution in [0.1, 0.15) is 33.2 Å². The van der Waals surface area contributed by atoms with Gasteiger partial charge in [-0.05, 0) is 53.9 Å². The molecule has 0 spiro atoms. The number of H-pyrrole nitrogens is 1. The molecule has 5 rings (SSSR count). The number of methoxy groups -OCH3 is 2.